The fraction of sp³-hybridized carbons (Fsp3) is 0.625. The second kappa shape index (κ2) is 6.90. The first-order valence-corrected chi connectivity index (χ1v) is 8.12. The Labute approximate surface area is 126 Å². The lowest BCUT2D eigenvalue weighted by Crippen LogP contribution is -2.49. The molecule has 0 aliphatic carbocycles. The van der Waals surface area contributed by atoms with Crippen LogP contribution in [-0.4, -0.2) is 44.2 Å². The van der Waals surface area contributed by atoms with Crippen LogP contribution in [-0.2, 0) is 0 Å². The van der Waals surface area contributed by atoms with E-state index in [0.29, 0.717) is 6.04 Å². The van der Waals surface area contributed by atoms with Gasteiger partial charge in [0.15, 0.2) is 0 Å². The molecule has 2 heterocycles. The highest BCUT2D eigenvalue weighted by Gasteiger charge is 2.27. The number of nitrogens with one attached hydrogen (secondary N) is 2. The second-order valence-corrected chi connectivity index (χ2v) is 6.36. The molecule has 2 atom stereocenters. The van der Waals surface area contributed by atoms with Gasteiger partial charge in [-0.3, -0.25) is 4.90 Å². The maximum absolute atomic E-state index is 6.40. The van der Waals surface area contributed by atoms with Gasteiger partial charge in [-0.1, -0.05) is 29.8 Å². The molecule has 0 amide bonds. The van der Waals surface area contributed by atoms with Crippen molar-refractivity contribution in [1.82, 2.24) is 15.5 Å². The molecule has 0 saturated carbocycles. The van der Waals surface area contributed by atoms with Crippen molar-refractivity contribution >= 4 is 11.6 Å². The van der Waals surface area contributed by atoms with E-state index in [-0.39, 0.29) is 0 Å². The first-order valence-electron chi connectivity index (χ1n) is 7.74. The van der Waals surface area contributed by atoms with Gasteiger partial charge in [0.05, 0.1) is 0 Å². The van der Waals surface area contributed by atoms with Crippen molar-refractivity contribution in [3.8, 4) is 0 Å². The molecule has 2 saturated heterocycles. The minimum absolute atomic E-state index is 0.416. The van der Waals surface area contributed by atoms with Crippen molar-refractivity contribution in [2.75, 3.05) is 39.3 Å². The lowest BCUT2D eigenvalue weighted by Gasteiger charge is -2.39. The van der Waals surface area contributed by atoms with Gasteiger partial charge in [-0.2, -0.15) is 0 Å². The van der Waals surface area contributed by atoms with Crippen LogP contribution in [0.5, 0.6) is 0 Å². The van der Waals surface area contributed by atoms with Crippen molar-refractivity contribution in [3.05, 3.63) is 34.9 Å². The maximum atomic E-state index is 6.40. The van der Waals surface area contributed by atoms with Crippen molar-refractivity contribution in [3.63, 3.8) is 0 Å². The fourth-order valence-electron chi connectivity index (χ4n) is 3.43. The van der Waals surface area contributed by atoms with Gasteiger partial charge >= 0.3 is 0 Å². The molecular formula is C16H24ClN3. The van der Waals surface area contributed by atoms with E-state index in [1.165, 1.54) is 38.0 Å². The highest BCUT2D eigenvalue weighted by atomic mass is 35.5. The van der Waals surface area contributed by atoms with Crippen molar-refractivity contribution in [1.29, 1.82) is 0 Å². The van der Waals surface area contributed by atoms with E-state index in [2.05, 4.69) is 27.7 Å². The average Bonchev–Trinajstić information content (AvgIpc) is 2.50. The fourth-order valence-corrected chi connectivity index (χ4v) is 3.69. The minimum atomic E-state index is 0.416. The summed E-state index contributed by atoms with van der Waals surface area (Å²) in [7, 11) is 0. The van der Waals surface area contributed by atoms with Crippen LogP contribution in [0.25, 0.3) is 0 Å². The van der Waals surface area contributed by atoms with E-state index < -0.39 is 0 Å². The zero-order valence-electron chi connectivity index (χ0n) is 11.9. The summed E-state index contributed by atoms with van der Waals surface area (Å²) in [4.78, 5) is 2.62. The van der Waals surface area contributed by atoms with E-state index in [1.54, 1.807) is 0 Å². The van der Waals surface area contributed by atoms with Crippen LogP contribution in [0.1, 0.15) is 24.4 Å². The third-order valence-corrected chi connectivity index (χ3v) is 4.85. The molecule has 0 bridgehead atoms. The SMILES string of the molecule is Clc1ccccc1C1CNCCN1CC1CCCNC1. The molecule has 2 fully saturated rings. The number of nitrogens with zero attached hydrogens (tertiary/aromatic N) is 1. The number of benzene rings is 1. The first kappa shape index (κ1) is 14.3. The van der Waals surface area contributed by atoms with Crippen molar-refractivity contribution in [2.45, 2.75) is 18.9 Å². The van der Waals surface area contributed by atoms with E-state index in [9.17, 15) is 0 Å². The largest absolute Gasteiger partial charge is 0.316 e. The molecule has 1 aromatic carbocycles. The monoisotopic (exact) mass is 293 g/mol. The lowest BCUT2D eigenvalue weighted by atomic mass is 9.96. The molecule has 0 aromatic heterocycles. The van der Waals surface area contributed by atoms with Gasteiger partial charge in [0.25, 0.3) is 0 Å². The molecular weight excluding hydrogens is 270 g/mol. The molecule has 2 unspecified atom stereocenters. The van der Waals surface area contributed by atoms with Gasteiger partial charge < -0.3 is 10.6 Å². The Bertz CT molecular complexity index is 431. The zero-order valence-corrected chi connectivity index (χ0v) is 12.7. The van der Waals surface area contributed by atoms with Crippen LogP contribution in [0.3, 0.4) is 0 Å². The van der Waals surface area contributed by atoms with Crippen LogP contribution in [0.4, 0.5) is 0 Å². The van der Waals surface area contributed by atoms with Crippen LogP contribution >= 0.6 is 11.6 Å². The van der Waals surface area contributed by atoms with Gasteiger partial charge in [0.1, 0.15) is 0 Å². The molecule has 4 heteroatoms. The summed E-state index contributed by atoms with van der Waals surface area (Å²) in [5.74, 6) is 0.784. The predicted octanol–water partition coefficient (Wildman–Crippen LogP) is 2.29. The molecule has 110 valence electrons. The third-order valence-electron chi connectivity index (χ3n) is 4.51. The van der Waals surface area contributed by atoms with Crippen molar-refractivity contribution < 1.29 is 0 Å². The number of hydrogen-bond donors (Lipinski definition) is 2. The normalized spacial score (nSPS) is 28.4. The van der Waals surface area contributed by atoms with E-state index in [4.69, 9.17) is 11.6 Å². The number of piperidine rings is 1. The van der Waals surface area contributed by atoms with Gasteiger partial charge in [-0.05, 0) is 43.5 Å². The number of piperazine rings is 1. The molecule has 2 aliphatic rings. The van der Waals surface area contributed by atoms with E-state index in [0.717, 1.165) is 30.6 Å². The predicted molar refractivity (Wildman–Crippen MR) is 84.2 cm³/mol. The third kappa shape index (κ3) is 3.34. The summed E-state index contributed by atoms with van der Waals surface area (Å²) >= 11 is 6.40. The summed E-state index contributed by atoms with van der Waals surface area (Å²) in [6, 6.07) is 8.70. The lowest BCUT2D eigenvalue weighted by molar-refractivity contribution is 0.127. The summed E-state index contributed by atoms with van der Waals surface area (Å²) < 4.78 is 0. The molecule has 20 heavy (non-hydrogen) atoms. The smallest absolute Gasteiger partial charge is 0.0488 e. The van der Waals surface area contributed by atoms with E-state index >= 15 is 0 Å². The number of rotatable bonds is 3. The van der Waals surface area contributed by atoms with Crippen LogP contribution in [0, 0.1) is 5.92 Å². The molecule has 0 radical (unpaired) electrons. The molecule has 3 nitrogen and oxygen atoms in total. The molecule has 1 aromatic rings. The zero-order chi connectivity index (χ0) is 13.8. The Morgan fingerprint density at radius 1 is 1.15 bits per heavy atom. The highest BCUT2D eigenvalue weighted by molar-refractivity contribution is 6.31. The summed E-state index contributed by atoms with van der Waals surface area (Å²) in [6.45, 7) is 6.74. The second-order valence-electron chi connectivity index (χ2n) is 5.95. The van der Waals surface area contributed by atoms with Crippen LogP contribution in [0.15, 0.2) is 24.3 Å². The molecule has 0 spiro atoms. The van der Waals surface area contributed by atoms with Gasteiger partial charge in [0.2, 0.25) is 0 Å². The molecule has 2 N–H and O–H groups in total. The topological polar surface area (TPSA) is 27.3 Å². The van der Waals surface area contributed by atoms with E-state index in [1.807, 2.05) is 12.1 Å². The average molecular weight is 294 g/mol. The van der Waals surface area contributed by atoms with Crippen molar-refractivity contribution in [2.24, 2.45) is 5.92 Å². The van der Waals surface area contributed by atoms with Gasteiger partial charge in [-0.15, -0.1) is 0 Å². The maximum Gasteiger partial charge on any atom is 0.0488 e. The molecule has 2 aliphatic heterocycles. The summed E-state index contributed by atoms with van der Waals surface area (Å²) in [5, 5.41) is 7.93. The Morgan fingerprint density at radius 2 is 2.00 bits per heavy atom. The quantitative estimate of drug-likeness (QED) is 0.895. The van der Waals surface area contributed by atoms with Gasteiger partial charge in [0, 0.05) is 37.2 Å². The molecule has 3 rings (SSSR count). The summed E-state index contributed by atoms with van der Waals surface area (Å²) in [5.41, 5.74) is 1.27. The first-order chi connectivity index (χ1) is 9.84. The Hall–Kier alpha value is -0.610. The van der Waals surface area contributed by atoms with Crippen LogP contribution in [0.2, 0.25) is 5.02 Å². The standard InChI is InChI=1S/C16H24ClN3/c17-15-6-2-1-5-14(15)16-11-19-8-9-20(16)12-13-4-3-7-18-10-13/h1-2,5-6,13,16,18-19H,3-4,7-12H2. The van der Waals surface area contributed by atoms with Crippen LogP contribution < -0.4 is 10.6 Å². The summed E-state index contributed by atoms with van der Waals surface area (Å²) in [6.07, 6.45) is 2.67. The van der Waals surface area contributed by atoms with Gasteiger partial charge in [-0.25, -0.2) is 0 Å². The Balaban J connectivity index is 1.72. The highest BCUT2D eigenvalue weighted by Crippen LogP contribution is 2.29. The minimum Gasteiger partial charge on any atom is -0.316 e. The number of halogens is 1. The Morgan fingerprint density at radius 3 is 2.80 bits per heavy atom. The Kier molecular flexibility index (Phi) is 4.94. The number of hydrogen-bond acceptors (Lipinski definition) is 3.